The lowest BCUT2D eigenvalue weighted by molar-refractivity contribution is 0.174. The van der Waals surface area contributed by atoms with E-state index in [1.165, 1.54) is 36.1 Å². The second-order valence-corrected chi connectivity index (χ2v) is 8.13. The normalized spacial score (nSPS) is 15.5. The van der Waals surface area contributed by atoms with Gasteiger partial charge in [-0.05, 0) is 55.0 Å². The first-order valence-corrected chi connectivity index (χ1v) is 10.2. The minimum Gasteiger partial charge on any atom is -0.492 e. The molecule has 4 rings (SSSR count). The molecule has 138 valence electrons. The van der Waals surface area contributed by atoms with Gasteiger partial charge in [-0.15, -0.1) is 0 Å². The maximum absolute atomic E-state index is 12.4. The van der Waals surface area contributed by atoms with Gasteiger partial charge in [0.15, 0.2) is 11.5 Å². The standard InChI is InChI=1S/C19H21NO5S/c21-26(22,15-8-9-18-19(12-15)25-13-24-18)20-10-11-23-17-7-3-5-14-4-1-2-6-16(14)17/h3,5,7-9,12,20H,1-2,4,6,10-11,13H2. The van der Waals surface area contributed by atoms with Gasteiger partial charge in [-0.1, -0.05) is 12.1 Å². The van der Waals surface area contributed by atoms with E-state index in [1.54, 1.807) is 6.07 Å². The van der Waals surface area contributed by atoms with Crippen LogP contribution in [0, 0.1) is 0 Å². The molecule has 7 heteroatoms. The average Bonchev–Trinajstić information content (AvgIpc) is 3.13. The Labute approximate surface area is 153 Å². The van der Waals surface area contributed by atoms with Crippen molar-refractivity contribution in [2.45, 2.75) is 30.6 Å². The van der Waals surface area contributed by atoms with E-state index in [0.717, 1.165) is 18.6 Å². The molecule has 0 unspecified atom stereocenters. The third kappa shape index (κ3) is 3.50. The van der Waals surface area contributed by atoms with Gasteiger partial charge >= 0.3 is 0 Å². The maximum atomic E-state index is 12.4. The van der Waals surface area contributed by atoms with E-state index >= 15 is 0 Å². The van der Waals surface area contributed by atoms with Crippen molar-refractivity contribution >= 4 is 10.0 Å². The van der Waals surface area contributed by atoms with Crippen molar-refractivity contribution in [3.8, 4) is 17.2 Å². The molecule has 1 aliphatic carbocycles. The number of hydrogen-bond donors (Lipinski definition) is 1. The molecule has 0 amide bonds. The topological polar surface area (TPSA) is 73.9 Å². The predicted molar refractivity (Wildman–Crippen MR) is 96.3 cm³/mol. The van der Waals surface area contributed by atoms with Crippen LogP contribution < -0.4 is 18.9 Å². The summed E-state index contributed by atoms with van der Waals surface area (Å²) in [6.07, 6.45) is 4.49. The molecule has 1 N–H and O–H groups in total. The number of aryl methyl sites for hydroxylation is 1. The van der Waals surface area contributed by atoms with Crippen LogP contribution in [0.15, 0.2) is 41.3 Å². The summed E-state index contributed by atoms with van der Waals surface area (Å²) in [7, 11) is -3.62. The van der Waals surface area contributed by atoms with Crippen LogP contribution in [0.4, 0.5) is 0 Å². The van der Waals surface area contributed by atoms with E-state index in [4.69, 9.17) is 14.2 Å². The molecule has 0 atom stereocenters. The van der Waals surface area contributed by atoms with Crippen LogP contribution in [-0.2, 0) is 22.9 Å². The van der Waals surface area contributed by atoms with Crippen molar-refractivity contribution < 1.29 is 22.6 Å². The van der Waals surface area contributed by atoms with Gasteiger partial charge in [0.25, 0.3) is 0 Å². The second kappa shape index (κ2) is 7.17. The van der Waals surface area contributed by atoms with Gasteiger partial charge < -0.3 is 14.2 Å². The van der Waals surface area contributed by atoms with E-state index in [9.17, 15) is 8.42 Å². The summed E-state index contributed by atoms with van der Waals surface area (Å²) in [5, 5.41) is 0. The van der Waals surface area contributed by atoms with Gasteiger partial charge in [0.2, 0.25) is 16.8 Å². The van der Waals surface area contributed by atoms with Gasteiger partial charge in [-0.25, -0.2) is 13.1 Å². The van der Waals surface area contributed by atoms with E-state index < -0.39 is 10.0 Å². The number of sulfonamides is 1. The number of benzene rings is 2. The Morgan fingerprint density at radius 1 is 1.04 bits per heavy atom. The molecule has 0 bridgehead atoms. The van der Waals surface area contributed by atoms with Crippen LogP contribution in [0.1, 0.15) is 24.0 Å². The molecule has 2 aromatic carbocycles. The Morgan fingerprint density at radius 3 is 2.81 bits per heavy atom. The SMILES string of the molecule is O=S(=O)(NCCOc1cccc2c1CCCC2)c1ccc2c(c1)OCO2. The first-order chi connectivity index (χ1) is 12.6. The Balaban J connectivity index is 1.36. The molecular formula is C19H21NO5S. The Morgan fingerprint density at radius 2 is 1.88 bits per heavy atom. The number of ether oxygens (including phenoxy) is 3. The highest BCUT2D eigenvalue weighted by Gasteiger charge is 2.20. The highest BCUT2D eigenvalue weighted by molar-refractivity contribution is 7.89. The molecule has 2 aliphatic rings. The molecule has 0 spiro atoms. The number of fused-ring (bicyclic) bond motifs is 2. The molecule has 0 saturated carbocycles. The summed E-state index contributed by atoms with van der Waals surface area (Å²) in [5.74, 6) is 1.87. The van der Waals surface area contributed by atoms with Gasteiger partial charge in [-0.2, -0.15) is 0 Å². The third-order valence-corrected chi connectivity index (χ3v) is 6.12. The van der Waals surface area contributed by atoms with Crippen LogP contribution >= 0.6 is 0 Å². The fourth-order valence-corrected chi connectivity index (χ4v) is 4.37. The highest BCUT2D eigenvalue weighted by atomic mass is 32.2. The van der Waals surface area contributed by atoms with Crippen LogP contribution in [0.25, 0.3) is 0 Å². The summed E-state index contributed by atoms with van der Waals surface area (Å²) < 4.78 is 43.7. The lowest BCUT2D eigenvalue weighted by atomic mass is 9.91. The van der Waals surface area contributed by atoms with Gasteiger partial charge in [0.05, 0.1) is 4.90 Å². The molecule has 0 saturated heterocycles. The highest BCUT2D eigenvalue weighted by Crippen LogP contribution is 2.33. The Kier molecular flexibility index (Phi) is 4.74. The minimum absolute atomic E-state index is 0.113. The summed E-state index contributed by atoms with van der Waals surface area (Å²) >= 11 is 0. The van der Waals surface area contributed by atoms with E-state index in [-0.39, 0.29) is 24.8 Å². The molecule has 1 aliphatic heterocycles. The van der Waals surface area contributed by atoms with Crippen molar-refractivity contribution in [3.63, 3.8) is 0 Å². The molecule has 26 heavy (non-hydrogen) atoms. The van der Waals surface area contributed by atoms with Crippen LogP contribution in [0.5, 0.6) is 17.2 Å². The zero-order valence-electron chi connectivity index (χ0n) is 14.4. The quantitative estimate of drug-likeness (QED) is 0.786. The third-order valence-electron chi connectivity index (χ3n) is 4.66. The lowest BCUT2D eigenvalue weighted by Crippen LogP contribution is -2.28. The van der Waals surface area contributed by atoms with Crippen molar-refractivity contribution in [1.29, 1.82) is 0 Å². The first kappa shape index (κ1) is 17.2. The lowest BCUT2D eigenvalue weighted by Gasteiger charge is -2.19. The monoisotopic (exact) mass is 375 g/mol. The maximum Gasteiger partial charge on any atom is 0.240 e. The molecule has 6 nitrogen and oxygen atoms in total. The van der Waals surface area contributed by atoms with Crippen molar-refractivity contribution in [1.82, 2.24) is 4.72 Å². The number of hydrogen-bond acceptors (Lipinski definition) is 5. The molecule has 1 heterocycles. The predicted octanol–water partition coefficient (Wildman–Crippen LogP) is 2.65. The molecule has 0 fully saturated rings. The summed E-state index contributed by atoms with van der Waals surface area (Å²) in [6, 6.07) is 10.7. The summed E-state index contributed by atoms with van der Waals surface area (Å²) in [5.41, 5.74) is 2.60. The van der Waals surface area contributed by atoms with Gasteiger partial charge in [-0.3, -0.25) is 0 Å². The average molecular weight is 375 g/mol. The minimum atomic E-state index is -3.62. The van der Waals surface area contributed by atoms with Gasteiger partial charge in [0.1, 0.15) is 12.4 Å². The van der Waals surface area contributed by atoms with E-state index in [2.05, 4.69) is 10.8 Å². The molecule has 2 aromatic rings. The summed E-state index contributed by atoms with van der Waals surface area (Å²) in [6.45, 7) is 0.585. The van der Waals surface area contributed by atoms with Crippen molar-refractivity contribution in [2.24, 2.45) is 0 Å². The molecule has 0 aromatic heterocycles. The largest absolute Gasteiger partial charge is 0.492 e. The zero-order valence-corrected chi connectivity index (χ0v) is 15.2. The zero-order chi connectivity index (χ0) is 18.0. The van der Waals surface area contributed by atoms with E-state index in [0.29, 0.717) is 11.5 Å². The fraction of sp³-hybridized carbons (Fsp3) is 0.368. The number of rotatable bonds is 6. The van der Waals surface area contributed by atoms with Crippen LogP contribution in [-0.4, -0.2) is 28.4 Å². The Hall–Kier alpha value is -2.25. The van der Waals surface area contributed by atoms with Crippen LogP contribution in [0.2, 0.25) is 0 Å². The molecular weight excluding hydrogens is 354 g/mol. The smallest absolute Gasteiger partial charge is 0.240 e. The van der Waals surface area contributed by atoms with Crippen molar-refractivity contribution in [2.75, 3.05) is 19.9 Å². The van der Waals surface area contributed by atoms with Crippen LogP contribution in [0.3, 0.4) is 0 Å². The number of nitrogens with one attached hydrogen (secondary N) is 1. The molecule has 0 radical (unpaired) electrons. The fourth-order valence-electron chi connectivity index (χ4n) is 3.35. The van der Waals surface area contributed by atoms with Crippen molar-refractivity contribution in [3.05, 3.63) is 47.5 Å². The second-order valence-electron chi connectivity index (χ2n) is 6.36. The Bertz CT molecular complexity index is 910. The van der Waals surface area contributed by atoms with E-state index in [1.807, 2.05) is 12.1 Å². The first-order valence-electron chi connectivity index (χ1n) is 8.76. The van der Waals surface area contributed by atoms with Gasteiger partial charge in [0, 0.05) is 12.6 Å². The summed E-state index contributed by atoms with van der Waals surface area (Å²) in [4.78, 5) is 0.152.